The van der Waals surface area contributed by atoms with E-state index in [9.17, 15) is 33.0 Å². The molecular weight excluding hydrogens is 363 g/mol. The predicted molar refractivity (Wildman–Crippen MR) is 92.0 cm³/mol. The Morgan fingerprint density at radius 2 is 1.74 bits per heavy atom. The molecule has 0 spiro atoms. The van der Waals surface area contributed by atoms with Crippen molar-refractivity contribution in [1.29, 1.82) is 0 Å². The molecule has 148 valence electrons. The van der Waals surface area contributed by atoms with Crippen LogP contribution < -0.4 is 5.32 Å². The summed E-state index contributed by atoms with van der Waals surface area (Å²) in [5, 5.41) is 22.5. The van der Waals surface area contributed by atoms with Crippen LogP contribution in [0.15, 0.2) is 35.5 Å². The highest BCUT2D eigenvalue weighted by atomic mass is 19.4. The van der Waals surface area contributed by atoms with E-state index in [0.717, 1.165) is 12.1 Å². The van der Waals surface area contributed by atoms with Gasteiger partial charge in [-0.2, -0.15) is 13.2 Å². The average molecular weight is 385 g/mol. The largest absolute Gasteiger partial charge is 0.481 e. The molecule has 0 fully saturated rings. The summed E-state index contributed by atoms with van der Waals surface area (Å²) in [6, 6.07) is 4.55. The van der Waals surface area contributed by atoms with Crippen molar-refractivity contribution in [3.05, 3.63) is 46.7 Å². The molecule has 1 aromatic carbocycles. The molecule has 27 heavy (non-hydrogen) atoms. The van der Waals surface area contributed by atoms with Crippen LogP contribution in [0, 0.1) is 11.8 Å². The number of benzene rings is 1. The Morgan fingerprint density at radius 1 is 1.19 bits per heavy atom. The summed E-state index contributed by atoms with van der Waals surface area (Å²) < 4.78 is 40.7. The number of carboxylic acid groups (broad SMARTS) is 2. The predicted octanol–water partition coefficient (Wildman–Crippen LogP) is 3.87. The molecule has 3 N–H and O–H groups in total. The molecule has 3 atom stereocenters. The minimum atomic E-state index is -4.74. The Kier molecular flexibility index (Phi) is 5.32. The molecule has 0 aromatic heterocycles. The number of carbonyl (C=O) groups is 2. The van der Waals surface area contributed by atoms with Gasteiger partial charge in [0.25, 0.3) is 0 Å². The lowest BCUT2D eigenvalue weighted by atomic mass is 9.63. The summed E-state index contributed by atoms with van der Waals surface area (Å²) in [7, 11) is 0. The van der Waals surface area contributed by atoms with Crippen LogP contribution in [0.25, 0.3) is 0 Å². The molecule has 8 heteroatoms. The number of rotatable bonds is 4. The molecule has 1 aromatic rings. The zero-order valence-corrected chi connectivity index (χ0v) is 15.4. The molecule has 0 amide bonds. The van der Waals surface area contributed by atoms with Gasteiger partial charge in [-0.1, -0.05) is 32.0 Å². The third kappa shape index (κ3) is 3.52. The molecular formula is C19H22F3NO4. The maximum atomic E-state index is 13.6. The van der Waals surface area contributed by atoms with Gasteiger partial charge in [0.05, 0.1) is 22.6 Å². The van der Waals surface area contributed by atoms with Crippen molar-refractivity contribution in [3.8, 4) is 0 Å². The van der Waals surface area contributed by atoms with Crippen LogP contribution in [0.5, 0.6) is 0 Å². The SMILES string of the molecule is CC1=C(C(=O)O)C(c2ccccc2C(F)(F)F)C(C(=O)O)C(C)(C(C)C)N1. The Balaban J connectivity index is 2.89. The minimum absolute atomic E-state index is 0.165. The minimum Gasteiger partial charge on any atom is -0.481 e. The van der Waals surface area contributed by atoms with Gasteiger partial charge in [-0.25, -0.2) is 4.79 Å². The third-order valence-electron chi connectivity index (χ3n) is 5.45. The lowest BCUT2D eigenvalue weighted by Gasteiger charge is -2.48. The number of halogens is 3. The second-order valence-corrected chi connectivity index (χ2v) is 7.28. The number of allylic oxidation sites excluding steroid dienone is 1. The summed E-state index contributed by atoms with van der Waals surface area (Å²) >= 11 is 0. The van der Waals surface area contributed by atoms with Gasteiger partial charge in [0.15, 0.2) is 0 Å². The number of hydrogen-bond donors (Lipinski definition) is 3. The second-order valence-electron chi connectivity index (χ2n) is 7.28. The molecule has 0 saturated heterocycles. The Hall–Kier alpha value is -2.51. The molecule has 5 nitrogen and oxygen atoms in total. The second kappa shape index (κ2) is 6.90. The van der Waals surface area contributed by atoms with Crippen LogP contribution in [0.1, 0.15) is 44.7 Å². The molecule has 0 radical (unpaired) electrons. The zero-order valence-electron chi connectivity index (χ0n) is 15.4. The van der Waals surface area contributed by atoms with Crippen LogP contribution in [0.4, 0.5) is 13.2 Å². The zero-order chi connectivity index (χ0) is 20.7. The molecule has 0 aliphatic carbocycles. The van der Waals surface area contributed by atoms with Crippen molar-refractivity contribution >= 4 is 11.9 Å². The maximum absolute atomic E-state index is 13.6. The van der Waals surface area contributed by atoms with E-state index in [2.05, 4.69) is 5.32 Å². The topological polar surface area (TPSA) is 86.6 Å². The monoisotopic (exact) mass is 385 g/mol. The van der Waals surface area contributed by atoms with Gasteiger partial charge in [-0.05, 0) is 31.4 Å². The van der Waals surface area contributed by atoms with Gasteiger partial charge in [-0.3, -0.25) is 4.79 Å². The van der Waals surface area contributed by atoms with Crippen molar-refractivity contribution in [2.75, 3.05) is 0 Å². The summed E-state index contributed by atoms with van der Waals surface area (Å²) in [6.07, 6.45) is -4.74. The summed E-state index contributed by atoms with van der Waals surface area (Å²) in [4.78, 5) is 24.0. The van der Waals surface area contributed by atoms with Gasteiger partial charge in [-0.15, -0.1) is 0 Å². The first kappa shape index (κ1) is 20.8. The normalized spacial score (nSPS) is 26.1. The van der Waals surface area contributed by atoms with E-state index in [1.54, 1.807) is 20.8 Å². The van der Waals surface area contributed by atoms with Crippen LogP contribution in [-0.4, -0.2) is 27.7 Å². The van der Waals surface area contributed by atoms with E-state index < -0.39 is 41.1 Å². The summed E-state index contributed by atoms with van der Waals surface area (Å²) in [5.41, 5.74) is -2.71. The summed E-state index contributed by atoms with van der Waals surface area (Å²) in [6.45, 7) is 6.54. The van der Waals surface area contributed by atoms with E-state index in [1.165, 1.54) is 19.1 Å². The van der Waals surface area contributed by atoms with Crippen LogP contribution >= 0.6 is 0 Å². The molecule has 2 rings (SSSR count). The standard InChI is InChI=1S/C19H22F3NO4/c1-9(2)18(4)15(17(26)27)14(13(16(24)25)10(3)23-18)11-7-5-6-8-12(11)19(20,21)22/h5-9,14-15,23H,1-4H3,(H,24,25)(H,26,27). The number of aliphatic carboxylic acids is 2. The Morgan fingerprint density at radius 3 is 2.19 bits per heavy atom. The lowest BCUT2D eigenvalue weighted by molar-refractivity contribution is -0.148. The maximum Gasteiger partial charge on any atom is 0.416 e. The van der Waals surface area contributed by atoms with Gasteiger partial charge in [0.1, 0.15) is 0 Å². The first-order valence-electron chi connectivity index (χ1n) is 8.43. The third-order valence-corrected chi connectivity index (χ3v) is 5.45. The molecule has 1 aliphatic heterocycles. The highest BCUT2D eigenvalue weighted by molar-refractivity contribution is 5.92. The quantitative estimate of drug-likeness (QED) is 0.733. The van der Waals surface area contributed by atoms with E-state index in [0.29, 0.717) is 0 Å². The molecule has 3 unspecified atom stereocenters. The van der Waals surface area contributed by atoms with Crippen LogP contribution in [-0.2, 0) is 15.8 Å². The van der Waals surface area contributed by atoms with Gasteiger partial charge < -0.3 is 15.5 Å². The fourth-order valence-electron chi connectivity index (χ4n) is 3.85. The van der Waals surface area contributed by atoms with Crippen molar-refractivity contribution < 1.29 is 33.0 Å². The molecule has 1 aliphatic rings. The van der Waals surface area contributed by atoms with Crippen LogP contribution in [0.2, 0.25) is 0 Å². The number of carboxylic acids is 2. The number of alkyl halides is 3. The first-order valence-corrected chi connectivity index (χ1v) is 8.43. The van der Waals surface area contributed by atoms with Gasteiger partial charge in [0.2, 0.25) is 0 Å². The van der Waals surface area contributed by atoms with Crippen LogP contribution in [0.3, 0.4) is 0 Å². The molecule has 0 saturated carbocycles. The highest BCUT2D eigenvalue weighted by Crippen LogP contribution is 2.49. The fourth-order valence-corrected chi connectivity index (χ4v) is 3.85. The van der Waals surface area contributed by atoms with Gasteiger partial charge >= 0.3 is 18.1 Å². The van der Waals surface area contributed by atoms with E-state index in [4.69, 9.17) is 0 Å². The summed E-state index contributed by atoms with van der Waals surface area (Å²) in [5.74, 6) is -5.95. The van der Waals surface area contributed by atoms with Gasteiger partial charge in [0, 0.05) is 11.6 Å². The first-order chi connectivity index (χ1) is 12.3. The fraction of sp³-hybridized carbons (Fsp3) is 0.474. The van der Waals surface area contributed by atoms with E-state index >= 15 is 0 Å². The van der Waals surface area contributed by atoms with E-state index in [-0.39, 0.29) is 22.8 Å². The lowest BCUT2D eigenvalue weighted by Crippen LogP contribution is -2.60. The Bertz CT molecular complexity index is 800. The number of nitrogens with one attached hydrogen (secondary N) is 1. The van der Waals surface area contributed by atoms with E-state index in [1.807, 2.05) is 0 Å². The highest BCUT2D eigenvalue weighted by Gasteiger charge is 2.54. The molecule has 0 bridgehead atoms. The molecule has 1 heterocycles. The Labute approximate surface area is 154 Å². The average Bonchev–Trinajstić information content (AvgIpc) is 2.52. The van der Waals surface area contributed by atoms with Crippen molar-refractivity contribution in [1.82, 2.24) is 5.32 Å². The van der Waals surface area contributed by atoms with Crippen molar-refractivity contribution in [3.63, 3.8) is 0 Å². The smallest absolute Gasteiger partial charge is 0.416 e. The van der Waals surface area contributed by atoms with Crippen molar-refractivity contribution in [2.24, 2.45) is 11.8 Å². The van der Waals surface area contributed by atoms with Crippen molar-refractivity contribution in [2.45, 2.75) is 45.3 Å². The number of hydrogen-bond acceptors (Lipinski definition) is 3.